The molecule has 0 aliphatic rings. The van der Waals surface area contributed by atoms with E-state index in [-0.39, 0.29) is 10.5 Å². The van der Waals surface area contributed by atoms with E-state index in [2.05, 4.69) is 147 Å². The van der Waals surface area contributed by atoms with Crippen molar-refractivity contribution in [2.75, 3.05) is 19.0 Å². The average molecular weight is 1820 g/mol. The number of pyridine rings is 5. The molecule has 0 bridgehead atoms. The third-order valence-electron chi connectivity index (χ3n) is 22.2. The molecule has 658 valence electrons. The second-order valence-corrected chi connectivity index (χ2v) is 33.7. The number of para-hydroxylation sites is 6. The third-order valence-corrected chi connectivity index (χ3v) is 24.6. The molecule has 24 aromatic rings. The minimum atomic E-state index is -3.75. The first kappa shape index (κ1) is 85.1. The number of halogens is 2. The summed E-state index contributed by atoms with van der Waals surface area (Å²) in [4.78, 5) is 56.3. The van der Waals surface area contributed by atoms with E-state index < -0.39 is 21.7 Å². The molecule has 24 rings (SSSR count). The van der Waals surface area contributed by atoms with Crippen molar-refractivity contribution in [3.8, 4) is 146 Å². The Morgan fingerprint density at radius 3 is 1.30 bits per heavy atom. The number of H-pyrrole nitrogens is 6. The standard InChI is InChI=1S/C24H21N5O2S.C23H17N3O.C22H15N3O2.C22H15N3OS.C16H9F2N3O/c1-28(2)20-10-8-17(9-11-20)18-12-22-23(15-26-24(22)25-13-18)19-14-27-29(16-19)32(30,31)21-6-4-3-5-7-21;1-2-6-18(7-3-1)27-22-9-5-4-8-19(22)17-12-20-21(16-10-11-24-13-16)15-26-23(20)25-14-17;1-2-6-16(7-3-1)27-20-9-5-4-8-17(20)15-10-18-19(21-13-23-14-26-21)12-25-22(18)24-11-15;1-2-6-16(7-3-1)26-20-9-5-4-8-17(20)15-12-18-19(22-23-10-11-27-22)14-25-21(18)24-13-15;17-10-1-2-11(14(18)6-10)9-5-12-13(16-19-3-4-22-16)8-21-15(12)20-7-9/h3-16H,1-2H3,(H,25,26);1-15,24H,(H,25,26);2*1-14H,(H,24,25);1-8H,(H,20,21). The lowest BCUT2D eigenvalue weighted by Crippen LogP contribution is -2.13. The Balaban J connectivity index is 0.000000105. The Kier molecular flexibility index (Phi) is 24.2. The van der Waals surface area contributed by atoms with Gasteiger partial charge in [-0.3, -0.25) is 0 Å². The molecule has 135 heavy (non-hydrogen) atoms. The molecule has 6 N–H and O–H groups in total. The number of nitrogens with one attached hydrogen (secondary N) is 6. The van der Waals surface area contributed by atoms with Crippen LogP contribution in [0.1, 0.15) is 0 Å². The predicted molar refractivity (Wildman–Crippen MR) is 524 cm³/mol. The Morgan fingerprint density at radius 1 is 0.378 bits per heavy atom. The van der Waals surface area contributed by atoms with Crippen LogP contribution in [0.2, 0.25) is 0 Å². The van der Waals surface area contributed by atoms with Crippen molar-refractivity contribution in [3.63, 3.8) is 0 Å². The Hall–Kier alpha value is -18.0. The van der Waals surface area contributed by atoms with Crippen LogP contribution in [0.25, 0.3) is 166 Å². The molecule has 15 aromatic heterocycles. The zero-order chi connectivity index (χ0) is 91.6. The summed E-state index contributed by atoms with van der Waals surface area (Å²) in [5.74, 6) is 4.72. The van der Waals surface area contributed by atoms with Crippen LogP contribution in [0.15, 0.2) is 410 Å². The molecule has 28 heteroatoms. The monoisotopic (exact) mass is 1810 g/mol. The molecular weight excluding hydrogens is 1740 g/mol. The van der Waals surface area contributed by atoms with Crippen molar-refractivity contribution in [3.05, 3.63) is 408 Å². The first-order valence-electron chi connectivity index (χ1n) is 42.5. The number of anilines is 1. The second-order valence-electron chi connectivity index (χ2n) is 31.0. The second kappa shape index (κ2) is 38.3. The van der Waals surface area contributed by atoms with Crippen LogP contribution in [-0.2, 0) is 10.0 Å². The van der Waals surface area contributed by atoms with E-state index in [0.717, 1.165) is 183 Å². The number of oxazole rings is 2. The first-order chi connectivity index (χ1) is 66.3. The van der Waals surface area contributed by atoms with Gasteiger partial charge in [-0.1, -0.05) is 140 Å². The van der Waals surface area contributed by atoms with Crippen LogP contribution < -0.4 is 19.1 Å². The van der Waals surface area contributed by atoms with Gasteiger partial charge in [-0.2, -0.15) is 17.6 Å². The lowest BCUT2D eigenvalue weighted by Gasteiger charge is -2.12. The van der Waals surface area contributed by atoms with Crippen LogP contribution >= 0.6 is 11.3 Å². The molecule has 0 radical (unpaired) electrons. The molecule has 0 spiro atoms. The lowest BCUT2D eigenvalue weighted by molar-refractivity contribution is 0.484. The van der Waals surface area contributed by atoms with E-state index in [0.29, 0.717) is 28.4 Å². The van der Waals surface area contributed by atoms with E-state index >= 15 is 0 Å². The fourth-order valence-electron chi connectivity index (χ4n) is 15.5. The molecule has 0 saturated carbocycles. The molecule has 0 saturated heterocycles. The topological polar surface area (TPSA) is 307 Å². The summed E-state index contributed by atoms with van der Waals surface area (Å²) in [6.45, 7) is 0. The Morgan fingerprint density at radius 2 is 0.830 bits per heavy atom. The molecule has 0 amide bonds. The summed E-state index contributed by atoms with van der Waals surface area (Å²) in [6.07, 6.45) is 33.3. The highest BCUT2D eigenvalue weighted by Gasteiger charge is 2.23. The largest absolute Gasteiger partial charge is 0.457 e. The van der Waals surface area contributed by atoms with Gasteiger partial charge in [0.25, 0.3) is 10.0 Å². The maximum atomic E-state index is 13.9. The fourth-order valence-corrected chi connectivity index (χ4v) is 17.3. The molecule has 0 atom stereocenters. The van der Waals surface area contributed by atoms with Gasteiger partial charge in [0.05, 0.1) is 35.2 Å². The van der Waals surface area contributed by atoms with Crippen molar-refractivity contribution in [1.29, 1.82) is 0 Å². The van der Waals surface area contributed by atoms with E-state index in [1.807, 2.05) is 239 Å². The van der Waals surface area contributed by atoms with Gasteiger partial charge in [0.2, 0.25) is 5.89 Å². The summed E-state index contributed by atoms with van der Waals surface area (Å²) in [5, 5.41) is 11.8. The number of rotatable bonds is 19. The number of nitrogens with zero attached hydrogens (tertiary/aromatic N) is 11. The number of aromatic nitrogens is 16. The molecule has 0 unspecified atom stereocenters. The third kappa shape index (κ3) is 18.6. The SMILES string of the molecule is CN(C)c1ccc(-c2cnc3[nH]cc(-c4cnn(S(=O)(=O)c5ccccc5)c4)c3c2)cc1.Fc1ccc(-c2cnc3[nH]cc(-c4ncco4)c3c2)c(F)c1.c1ccc(Oc2ccccc2-c2cnc3[nH]cc(-c4cc[nH]c4)c3c2)cc1.c1ccc(Oc2ccccc2-c2cnc3[nH]cc(-c4cnco4)c3c2)cc1.c1ccc(Oc2ccccc2-c2cnc3[nH]cc(-c4nccs4)c3c2)cc1. The molecule has 24 nitrogen and oxygen atoms in total. The highest BCUT2D eigenvalue weighted by Crippen LogP contribution is 2.43. The van der Waals surface area contributed by atoms with E-state index in [1.165, 1.54) is 37.2 Å². The number of ether oxygens (including phenoxy) is 3. The number of aromatic amines is 6. The van der Waals surface area contributed by atoms with Gasteiger partial charge < -0.3 is 57.8 Å². The van der Waals surface area contributed by atoms with E-state index in [4.69, 9.17) is 23.0 Å². The van der Waals surface area contributed by atoms with E-state index in [9.17, 15) is 17.2 Å². The predicted octanol–water partition coefficient (Wildman–Crippen LogP) is 26.4. The van der Waals surface area contributed by atoms with Gasteiger partial charge in [0, 0.05) is 222 Å². The summed E-state index contributed by atoms with van der Waals surface area (Å²) >= 11 is 1.62. The van der Waals surface area contributed by atoms with Crippen molar-refractivity contribution in [1.82, 2.24) is 79.0 Å². The van der Waals surface area contributed by atoms with Crippen molar-refractivity contribution in [2.45, 2.75) is 4.90 Å². The van der Waals surface area contributed by atoms with Gasteiger partial charge in [-0.05, 0) is 133 Å². The molecule has 0 fully saturated rings. The summed E-state index contributed by atoms with van der Waals surface area (Å²) in [5.41, 5.74) is 20.4. The summed E-state index contributed by atoms with van der Waals surface area (Å²) in [7, 11) is 0.265. The summed E-state index contributed by atoms with van der Waals surface area (Å²) < 4.78 is 82.8. The normalized spacial score (nSPS) is 11.2. The highest BCUT2D eigenvalue weighted by atomic mass is 32.2. The van der Waals surface area contributed by atoms with Crippen LogP contribution in [0.5, 0.6) is 34.5 Å². The van der Waals surface area contributed by atoms with Crippen molar-refractivity contribution >= 4 is 82.2 Å². The number of benzene rings is 9. The fraction of sp³-hybridized carbons (Fsp3) is 0.0187. The van der Waals surface area contributed by atoms with Crippen LogP contribution in [0.3, 0.4) is 0 Å². The van der Waals surface area contributed by atoms with Crippen LogP contribution in [0, 0.1) is 11.6 Å². The minimum absolute atomic E-state index is 0.193. The Labute approximate surface area is 774 Å². The van der Waals surface area contributed by atoms with Gasteiger partial charge in [0.15, 0.2) is 12.2 Å². The first-order valence-corrected chi connectivity index (χ1v) is 44.9. The molecule has 9 aromatic carbocycles. The van der Waals surface area contributed by atoms with Gasteiger partial charge >= 0.3 is 0 Å². The summed E-state index contributed by atoms with van der Waals surface area (Å²) in [6, 6.07) is 85.6. The zero-order valence-electron chi connectivity index (χ0n) is 71.9. The van der Waals surface area contributed by atoms with Gasteiger partial charge in [0.1, 0.15) is 85.6 Å². The highest BCUT2D eigenvalue weighted by molar-refractivity contribution is 7.89. The number of hydrogen-bond acceptors (Lipinski definition) is 18. The average Bonchev–Trinajstić information content (AvgIpc) is 1.65. The molecule has 0 aliphatic heterocycles. The minimum Gasteiger partial charge on any atom is -0.457 e. The molecular formula is C107H77F2N17O7S2. The molecule has 15 heterocycles. The van der Waals surface area contributed by atoms with Gasteiger partial charge in [-0.15, -0.1) is 11.3 Å². The smallest absolute Gasteiger partial charge is 0.282 e. The van der Waals surface area contributed by atoms with Crippen LogP contribution in [0.4, 0.5) is 14.5 Å². The quantitative estimate of drug-likeness (QED) is 0.0438. The maximum Gasteiger partial charge on any atom is 0.282 e. The van der Waals surface area contributed by atoms with Crippen LogP contribution in [-0.4, -0.2) is 101 Å². The van der Waals surface area contributed by atoms with Crippen molar-refractivity contribution in [2.24, 2.45) is 0 Å². The number of thiazole rings is 1. The number of hydrogen-bond donors (Lipinski definition) is 6. The van der Waals surface area contributed by atoms with Gasteiger partial charge in [-0.25, -0.2) is 48.7 Å². The lowest BCUT2D eigenvalue weighted by atomic mass is 10.0. The number of fused-ring (bicyclic) bond motifs is 5. The van der Waals surface area contributed by atoms with E-state index in [1.54, 1.807) is 72.5 Å². The van der Waals surface area contributed by atoms with Crippen molar-refractivity contribution < 1.29 is 40.2 Å². The Bertz CT molecular complexity index is 7840. The molecule has 0 aliphatic carbocycles. The maximum absolute atomic E-state index is 13.9. The zero-order valence-corrected chi connectivity index (χ0v) is 73.5.